The highest BCUT2D eigenvalue weighted by Crippen LogP contribution is 1.80. The van der Waals surface area contributed by atoms with Gasteiger partial charge in [0.1, 0.15) is 0 Å². The molecule has 0 fully saturated rings. The molecule has 0 amide bonds. The van der Waals surface area contributed by atoms with Crippen LogP contribution in [0.4, 0.5) is 4.39 Å². The van der Waals surface area contributed by atoms with E-state index >= 15 is 0 Å². The van der Waals surface area contributed by atoms with Gasteiger partial charge in [-0.1, -0.05) is 0 Å². The summed E-state index contributed by atoms with van der Waals surface area (Å²) in [6.07, 6.45) is -2.00. The number of alkyl halides is 1. The molecule has 0 aromatic heterocycles. The van der Waals surface area contributed by atoms with E-state index in [1.807, 2.05) is 0 Å². The Morgan fingerprint density at radius 3 is 2.43 bits per heavy atom. The zero-order chi connectivity index (χ0) is 5.86. The van der Waals surface area contributed by atoms with Crippen molar-refractivity contribution >= 4 is 5.97 Å². The van der Waals surface area contributed by atoms with Crippen LogP contribution >= 0.6 is 0 Å². The van der Waals surface area contributed by atoms with Gasteiger partial charge in [0.15, 0.2) is 0 Å². The minimum atomic E-state index is -2.00. The second-order valence-electron chi connectivity index (χ2n) is 0.925. The van der Waals surface area contributed by atoms with Gasteiger partial charge in [-0.15, -0.1) is 0 Å². The number of hydrogen-bond acceptors (Lipinski definition) is 3. The Morgan fingerprint density at radius 1 is 2.00 bits per heavy atom. The van der Waals surface area contributed by atoms with Crippen molar-refractivity contribution in [2.75, 3.05) is 7.11 Å². The molecule has 0 aromatic rings. The van der Waals surface area contributed by atoms with Gasteiger partial charge in [-0.3, -0.25) is 5.73 Å². The second-order valence-corrected chi connectivity index (χ2v) is 0.925. The van der Waals surface area contributed by atoms with Gasteiger partial charge in [0.25, 0.3) is 0 Å². The lowest BCUT2D eigenvalue weighted by molar-refractivity contribution is -0.146. The van der Waals surface area contributed by atoms with Crippen molar-refractivity contribution in [3.8, 4) is 0 Å². The SMILES string of the molecule is COC(=O)[C@@H](N)F. The van der Waals surface area contributed by atoms with Crippen LogP contribution < -0.4 is 5.73 Å². The number of halogens is 1. The highest BCUT2D eigenvalue weighted by atomic mass is 19.1. The summed E-state index contributed by atoms with van der Waals surface area (Å²) in [5.41, 5.74) is 4.41. The Balaban J connectivity index is 3.35. The molecule has 0 aliphatic carbocycles. The highest BCUT2D eigenvalue weighted by Gasteiger charge is 2.08. The van der Waals surface area contributed by atoms with Crippen molar-refractivity contribution in [2.24, 2.45) is 5.73 Å². The smallest absolute Gasteiger partial charge is 0.355 e. The Hall–Kier alpha value is -0.640. The molecular weight excluding hydrogens is 101 g/mol. The summed E-state index contributed by atoms with van der Waals surface area (Å²) < 4.78 is 15.3. The molecule has 3 nitrogen and oxygen atoms in total. The first-order valence-electron chi connectivity index (χ1n) is 1.66. The summed E-state index contributed by atoms with van der Waals surface area (Å²) in [6.45, 7) is 0. The molecule has 0 unspecified atom stereocenters. The first-order valence-corrected chi connectivity index (χ1v) is 1.66. The maximum Gasteiger partial charge on any atom is 0.355 e. The molecule has 42 valence electrons. The predicted octanol–water partition coefficient (Wildman–Crippen LogP) is -0.586. The average molecular weight is 107 g/mol. The van der Waals surface area contributed by atoms with E-state index in [2.05, 4.69) is 10.5 Å². The summed E-state index contributed by atoms with van der Waals surface area (Å²) in [5, 5.41) is 0. The van der Waals surface area contributed by atoms with Gasteiger partial charge in [-0.2, -0.15) is 0 Å². The third kappa shape index (κ3) is 2.11. The van der Waals surface area contributed by atoms with Crippen molar-refractivity contribution in [2.45, 2.75) is 6.30 Å². The van der Waals surface area contributed by atoms with Crippen molar-refractivity contribution in [3.63, 3.8) is 0 Å². The number of nitrogens with two attached hydrogens (primary N) is 1. The summed E-state index contributed by atoms with van der Waals surface area (Å²) >= 11 is 0. The monoisotopic (exact) mass is 107 g/mol. The number of methoxy groups -OCH3 is 1. The van der Waals surface area contributed by atoms with Crippen LogP contribution in [0.5, 0.6) is 0 Å². The first-order chi connectivity index (χ1) is 3.18. The molecule has 0 bridgehead atoms. The Morgan fingerprint density at radius 2 is 2.43 bits per heavy atom. The number of rotatable bonds is 1. The first kappa shape index (κ1) is 6.36. The molecule has 4 heteroatoms. The Bertz CT molecular complexity index is 73.3. The maximum atomic E-state index is 11.4. The number of carbonyl (C=O) groups excluding carboxylic acids is 1. The summed E-state index contributed by atoms with van der Waals surface area (Å²) in [5.74, 6) is -1.04. The van der Waals surface area contributed by atoms with Gasteiger partial charge in [-0.25, -0.2) is 9.18 Å². The average Bonchev–Trinajstić information content (AvgIpc) is 1.65. The largest absolute Gasteiger partial charge is 0.466 e. The number of ether oxygens (including phenoxy) is 1. The molecule has 0 radical (unpaired) electrons. The van der Waals surface area contributed by atoms with Crippen LogP contribution in [-0.4, -0.2) is 19.4 Å². The maximum absolute atomic E-state index is 11.4. The van der Waals surface area contributed by atoms with E-state index in [4.69, 9.17) is 0 Å². The summed E-state index contributed by atoms with van der Waals surface area (Å²) in [7, 11) is 1.07. The molecule has 0 aliphatic rings. The van der Waals surface area contributed by atoms with Crippen LogP contribution in [0.25, 0.3) is 0 Å². The van der Waals surface area contributed by atoms with Crippen molar-refractivity contribution in [1.82, 2.24) is 0 Å². The van der Waals surface area contributed by atoms with E-state index in [-0.39, 0.29) is 0 Å². The zero-order valence-electron chi connectivity index (χ0n) is 3.85. The molecule has 0 rings (SSSR count). The predicted molar refractivity (Wildman–Crippen MR) is 21.1 cm³/mol. The van der Waals surface area contributed by atoms with Crippen LogP contribution in [-0.2, 0) is 9.53 Å². The van der Waals surface area contributed by atoms with Crippen LogP contribution in [0.15, 0.2) is 0 Å². The third-order valence-electron chi connectivity index (χ3n) is 0.426. The lowest BCUT2D eigenvalue weighted by Crippen LogP contribution is -2.25. The number of carbonyl (C=O) groups is 1. The molecule has 1 atom stereocenters. The van der Waals surface area contributed by atoms with Gasteiger partial charge in [-0.05, 0) is 0 Å². The normalized spacial score (nSPS) is 13.0. The molecule has 0 heterocycles. The van der Waals surface area contributed by atoms with Crippen molar-refractivity contribution in [1.29, 1.82) is 0 Å². The van der Waals surface area contributed by atoms with Crippen LogP contribution in [0.3, 0.4) is 0 Å². The van der Waals surface area contributed by atoms with Crippen LogP contribution in [0, 0.1) is 0 Å². The van der Waals surface area contributed by atoms with E-state index in [1.165, 1.54) is 0 Å². The third-order valence-corrected chi connectivity index (χ3v) is 0.426. The fourth-order valence-electron chi connectivity index (χ4n) is 0.113. The zero-order valence-corrected chi connectivity index (χ0v) is 3.85. The van der Waals surface area contributed by atoms with Gasteiger partial charge >= 0.3 is 5.97 Å². The molecular formula is C3H6FNO2. The lowest BCUT2D eigenvalue weighted by atomic mass is 10.6. The molecule has 2 N–H and O–H groups in total. The fraction of sp³-hybridized carbons (Fsp3) is 0.667. The quantitative estimate of drug-likeness (QED) is 0.360. The molecule has 7 heavy (non-hydrogen) atoms. The second kappa shape index (κ2) is 2.52. The summed E-state index contributed by atoms with van der Waals surface area (Å²) in [6, 6.07) is 0. The van der Waals surface area contributed by atoms with E-state index in [0.717, 1.165) is 7.11 Å². The van der Waals surface area contributed by atoms with Crippen LogP contribution in [0.2, 0.25) is 0 Å². The molecule has 0 spiro atoms. The standard InChI is InChI=1S/C3H6FNO2/c1-7-3(6)2(4)5/h2H,5H2,1H3/t2-/m1/s1. The van der Waals surface area contributed by atoms with Crippen molar-refractivity contribution < 1.29 is 13.9 Å². The lowest BCUT2D eigenvalue weighted by Gasteiger charge is -1.94. The van der Waals surface area contributed by atoms with Gasteiger partial charge in [0.05, 0.1) is 7.11 Å². The molecule has 0 aliphatic heterocycles. The topological polar surface area (TPSA) is 52.3 Å². The molecule has 0 aromatic carbocycles. The number of hydrogen-bond donors (Lipinski definition) is 1. The van der Waals surface area contributed by atoms with E-state index in [1.54, 1.807) is 0 Å². The Kier molecular flexibility index (Phi) is 2.29. The fourth-order valence-corrected chi connectivity index (χ4v) is 0.113. The molecule has 0 saturated heterocycles. The van der Waals surface area contributed by atoms with Gasteiger partial charge in [0.2, 0.25) is 6.30 Å². The van der Waals surface area contributed by atoms with Crippen LogP contribution in [0.1, 0.15) is 0 Å². The van der Waals surface area contributed by atoms with E-state index in [0.29, 0.717) is 0 Å². The Labute approximate surface area is 40.2 Å². The van der Waals surface area contributed by atoms with Gasteiger partial charge < -0.3 is 4.74 Å². The summed E-state index contributed by atoms with van der Waals surface area (Å²) in [4.78, 5) is 9.79. The van der Waals surface area contributed by atoms with E-state index < -0.39 is 12.3 Å². The minimum Gasteiger partial charge on any atom is -0.466 e. The number of esters is 1. The minimum absolute atomic E-state index is 1.04. The highest BCUT2D eigenvalue weighted by molar-refractivity contribution is 5.73. The molecule has 0 saturated carbocycles. The van der Waals surface area contributed by atoms with Crippen molar-refractivity contribution in [3.05, 3.63) is 0 Å². The van der Waals surface area contributed by atoms with Gasteiger partial charge in [0, 0.05) is 0 Å². The van der Waals surface area contributed by atoms with E-state index in [9.17, 15) is 9.18 Å².